The maximum absolute atomic E-state index is 12.8. The van der Waals surface area contributed by atoms with Gasteiger partial charge < -0.3 is 15.2 Å². The molecule has 0 aromatic heterocycles. The zero-order chi connectivity index (χ0) is 19.2. The Kier molecular flexibility index (Phi) is 5.66. The van der Waals surface area contributed by atoms with E-state index in [0.717, 1.165) is 5.56 Å². The maximum Gasteiger partial charge on any atom is 0.387 e. The normalized spacial score (nSPS) is 10.6. The van der Waals surface area contributed by atoms with Gasteiger partial charge in [-0.15, -0.1) is 0 Å². The van der Waals surface area contributed by atoms with Gasteiger partial charge in [0.1, 0.15) is 18.1 Å². The number of ether oxygens (including phenoxy) is 2. The molecule has 0 spiro atoms. The lowest BCUT2D eigenvalue weighted by Crippen LogP contribution is -2.10. The Morgan fingerprint density at radius 3 is 2.44 bits per heavy atom. The molecule has 3 aromatic rings. The van der Waals surface area contributed by atoms with Crippen LogP contribution in [0, 0.1) is 0 Å². The van der Waals surface area contributed by atoms with Crippen molar-refractivity contribution in [2.75, 3.05) is 0 Å². The molecule has 138 valence electrons. The number of amides is 1. The highest BCUT2D eigenvalue weighted by Gasteiger charge is 2.14. The second-order valence-electron chi connectivity index (χ2n) is 5.76. The van der Waals surface area contributed by atoms with Gasteiger partial charge in [-0.3, -0.25) is 4.79 Å². The van der Waals surface area contributed by atoms with Crippen LogP contribution in [0.25, 0.3) is 11.1 Å². The van der Waals surface area contributed by atoms with Gasteiger partial charge in [-0.05, 0) is 41.5 Å². The van der Waals surface area contributed by atoms with E-state index in [1.54, 1.807) is 30.3 Å². The Hall–Kier alpha value is -3.41. The number of benzene rings is 3. The Morgan fingerprint density at radius 1 is 0.963 bits per heavy atom. The number of carbonyl (C=O) groups is 1. The van der Waals surface area contributed by atoms with Gasteiger partial charge in [-0.1, -0.05) is 42.5 Å². The average Bonchev–Trinajstić information content (AvgIpc) is 2.67. The number of nitrogens with two attached hydrogens (primary N) is 1. The average molecular weight is 369 g/mol. The van der Waals surface area contributed by atoms with E-state index in [-0.39, 0.29) is 11.3 Å². The first kappa shape index (κ1) is 18.4. The summed E-state index contributed by atoms with van der Waals surface area (Å²) in [6, 6.07) is 20.5. The Balaban J connectivity index is 1.93. The quantitative estimate of drug-likeness (QED) is 0.660. The fraction of sp³-hybridized carbons (Fsp3) is 0.0952. The van der Waals surface area contributed by atoms with Gasteiger partial charge in [-0.25, -0.2) is 0 Å². The minimum Gasteiger partial charge on any atom is -0.489 e. The van der Waals surface area contributed by atoms with Crippen molar-refractivity contribution in [3.8, 4) is 22.6 Å². The largest absolute Gasteiger partial charge is 0.489 e. The van der Waals surface area contributed by atoms with E-state index in [4.69, 9.17) is 10.5 Å². The zero-order valence-corrected chi connectivity index (χ0v) is 14.3. The summed E-state index contributed by atoms with van der Waals surface area (Å²) < 4.78 is 35.9. The van der Waals surface area contributed by atoms with Gasteiger partial charge in [-0.2, -0.15) is 8.78 Å². The molecule has 0 bridgehead atoms. The SMILES string of the molecule is NC(=O)c1cccc(-c2cc(OCc3ccccc3)ccc2OC(F)F)c1. The summed E-state index contributed by atoms with van der Waals surface area (Å²) >= 11 is 0. The summed E-state index contributed by atoms with van der Waals surface area (Å²) in [4.78, 5) is 11.4. The molecule has 0 aliphatic carbocycles. The molecule has 0 radical (unpaired) electrons. The molecule has 3 aromatic carbocycles. The van der Waals surface area contributed by atoms with Crippen LogP contribution in [0.15, 0.2) is 72.8 Å². The minimum absolute atomic E-state index is 0.0151. The summed E-state index contributed by atoms with van der Waals surface area (Å²) in [7, 11) is 0. The third-order valence-electron chi connectivity index (χ3n) is 3.87. The number of hydrogen-bond donors (Lipinski definition) is 1. The van der Waals surface area contributed by atoms with Crippen LogP contribution in [-0.4, -0.2) is 12.5 Å². The monoisotopic (exact) mass is 369 g/mol. The molecule has 1 amide bonds. The van der Waals surface area contributed by atoms with Crippen molar-refractivity contribution in [1.29, 1.82) is 0 Å². The number of alkyl halides is 2. The second kappa shape index (κ2) is 8.31. The van der Waals surface area contributed by atoms with E-state index in [2.05, 4.69) is 4.74 Å². The van der Waals surface area contributed by atoms with Crippen LogP contribution in [0.2, 0.25) is 0 Å². The van der Waals surface area contributed by atoms with Gasteiger partial charge >= 0.3 is 6.61 Å². The van der Waals surface area contributed by atoms with Crippen molar-refractivity contribution < 1.29 is 23.0 Å². The lowest BCUT2D eigenvalue weighted by Gasteiger charge is -2.14. The van der Waals surface area contributed by atoms with E-state index in [9.17, 15) is 13.6 Å². The number of carbonyl (C=O) groups excluding carboxylic acids is 1. The van der Waals surface area contributed by atoms with Crippen molar-refractivity contribution >= 4 is 5.91 Å². The summed E-state index contributed by atoms with van der Waals surface area (Å²) in [6.07, 6.45) is 0. The molecule has 2 N–H and O–H groups in total. The molecular weight excluding hydrogens is 352 g/mol. The lowest BCUT2D eigenvalue weighted by molar-refractivity contribution is -0.0494. The first-order valence-electron chi connectivity index (χ1n) is 8.19. The first-order chi connectivity index (χ1) is 13.0. The highest BCUT2D eigenvalue weighted by atomic mass is 19.3. The van der Waals surface area contributed by atoms with Gasteiger partial charge in [0.15, 0.2) is 0 Å². The minimum atomic E-state index is -2.97. The van der Waals surface area contributed by atoms with Gasteiger partial charge in [0.25, 0.3) is 0 Å². The summed E-state index contributed by atoms with van der Waals surface area (Å²) in [5.41, 5.74) is 7.45. The predicted molar refractivity (Wildman–Crippen MR) is 97.8 cm³/mol. The molecule has 0 heterocycles. The topological polar surface area (TPSA) is 61.6 Å². The number of primary amides is 1. The van der Waals surface area contributed by atoms with E-state index in [0.29, 0.717) is 23.5 Å². The third-order valence-corrected chi connectivity index (χ3v) is 3.87. The van der Waals surface area contributed by atoms with Crippen molar-refractivity contribution in [2.45, 2.75) is 13.2 Å². The number of rotatable bonds is 7. The van der Waals surface area contributed by atoms with Crippen molar-refractivity contribution in [3.05, 3.63) is 83.9 Å². The number of hydrogen-bond acceptors (Lipinski definition) is 3. The van der Waals surface area contributed by atoms with E-state index in [1.165, 1.54) is 12.1 Å². The highest BCUT2D eigenvalue weighted by Crippen LogP contribution is 2.35. The molecule has 0 unspecified atom stereocenters. The Morgan fingerprint density at radius 2 is 1.74 bits per heavy atom. The number of halogens is 2. The molecule has 6 heteroatoms. The van der Waals surface area contributed by atoms with Crippen molar-refractivity contribution in [2.24, 2.45) is 5.73 Å². The van der Waals surface area contributed by atoms with Crippen LogP contribution < -0.4 is 15.2 Å². The van der Waals surface area contributed by atoms with Gasteiger partial charge in [0.2, 0.25) is 5.91 Å². The van der Waals surface area contributed by atoms with Crippen LogP contribution in [0.3, 0.4) is 0 Å². The van der Waals surface area contributed by atoms with Crippen molar-refractivity contribution in [3.63, 3.8) is 0 Å². The fourth-order valence-corrected chi connectivity index (χ4v) is 2.60. The van der Waals surface area contributed by atoms with Crippen LogP contribution in [0.5, 0.6) is 11.5 Å². The zero-order valence-electron chi connectivity index (χ0n) is 14.3. The predicted octanol–water partition coefficient (Wildman–Crippen LogP) is 4.63. The molecule has 0 saturated heterocycles. The van der Waals surface area contributed by atoms with Crippen LogP contribution in [-0.2, 0) is 6.61 Å². The van der Waals surface area contributed by atoms with Crippen LogP contribution in [0.1, 0.15) is 15.9 Å². The molecule has 4 nitrogen and oxygen atoms in total. The molecule has 27 heavy (non-hydrogen) atoms. The summed E-state index contributed by atoms with van der Waals surface area (Å²) in [6.45, 7) is -2.64. The van der Waals surface area contributed by atoms with E-state index < -0.39 is 12.5 Å². The van der Waals surface area contributed by atoms with Gasteiger partial charge in [0.05, 0.1) is 0 Å². The molecule has 0 aliphatic heterocycles. The molecule has 0 aliphatic rings. The summed E-state index contributed by atoms with van der Waals surface area (Å²) in [5.74, 6) is -0.136. The molecule has 0 saturated carbocycles. The molecule has 0 fully saturated rings. The molecule has 0 atom stereocenters. The Bertz CT molecular complexity index is 930. The van der Waals surface area contributed by atoms with Gasteiger partial charge in [0, 0.05) is 11.1 Å². The van der Waals surface area contributed by atoms with E-state index >= 15 is 0 Å². The smallest absolute Gasteiger partial charge is 0.387 e. The first-order valence-corrected chi connectivity index (χ1v) is 8.19. The third kappa shape index (κ3) is 4.82. The van der Waals surface area contributed by atoms with E-state index in [1.807, 2.05) is 30.3 Å². The summed E-state index contributed by atoms with van der Waals surface area (Å²) in [5, 5.41) is 0. The molecular formula is C21H17F2NO3. The molecule has 3 rings (SSSR count). The van der Waals surface area contributed by atoms with Crippen LogP contribution >= 0.6 is 0 Å². The standard InChI is InChI=1S/C21H17F2NO3/c22-21(23)27-19-10-9-17(26-13-14-5-2-1-3-6-14)12-18(19)15-7-4-8-16(11-15)20(24)25/h1-12,21H,13H2,(H2,24,25). The second-order valence-corrected chi connectivity index (χ2v) is 5.76. The van der Waals surface area contributed by atoms with Crippen LogP contribution in [0.4, 0.5) is 8.78 Å². The lowest BCUT2D eigenvalue weighted by atomic mass is 10.0. The Labute approximate surface area is 155 Å². The fourth-order valence-electron chi connectivity index (χ4n) is 2.60. The maximum atomic E-state index is 12.8. The van der Waals surface area contributed by atoms with Crippen molar-refractivity contribution in [1.82, 2.24) is 0 Å². The highest BCUT2D eigenvalue weighted by molar-refractivity contribution is 5.94.